The molecule has 3 nitrogen and oxygen atoms in total. The predicted molar refractivity (Wildman–Crippen MR) is 83.8 cm³/mol. The zero-order valence-electron chi connectivity index (χ0n) is 11.4. The monoisotopic (exact) mass is 298 g/mol. The summed E-state index contributed by atoms with van der Waals surface area (Å²) in [6, 6.07) is 5.53. The molecule has 0 saturated carbocycles. The topological polar surface area (TPSA) is 46.3 Å². The van der Waals surface area contributed by atoms with Crippen LogP contribution < -0.4 is 5.73 Å². The third-order valence-electron chi connectivity index (χ3n) is 2.91. The van der Waals surface area contributed by atoms with E-state index < -0.39 is 0 Å². The van der Waals surface area contributed by atoms with Crippen molar-refractivity contribution in [1.29, 1.82) is 0 Å². The number of thiocarbonyl (C=S) groups is 1. The van der Waals surface area contributed by atoms with Crippen LogP contribution in [-0.2, 0) is 0 Å². The Morgan fingerprint density at radius 1 is 1.47 bits per heavy atom. The number of carbonyl (C=O) groups is 1. The van der Waals surface area contributed by atoms with E-state index in [-0.39, 0.29) is 11.9 Å². The fraction of sp³-hybridized carbons (Fsp3) is 0.429. The number of aryl methyl sites for hydroxylation is 1. The van der Waals surface area contributed by atoms with Gasteiger partial charge in [0.25, 0.3) is 5.91 Å². The van der Waals surface area contributed by atoms with Crippen LogP contribution in [0.2, 0.25) is 5.02 Å². The fourth-order valence-corrected chi connectivity index (χ4v) is 2.09. The van der Waals surface area contributed by atoms with Crippen molar-refractivity contribution in [2.24, 2.45) is 5.73 Å². The maximum atomic E-state index is 12.5. The molecule has 19 heavy (non-hydrogen) atoms. The number of amides is 1. The number of benzene rings is 1. The van der Waals surface area contributed by atoms with Crippen LogP contribution in [0.5, 0.6) is 0 Å². The molecule has 5 heteroatoms. The smallest absolute Gasteiger partial charge is 0.255 e. The van der Waals surface area contributed by atoms with Crippen molar-refractivity contribution in [3.63, 3.8) is 0 Å². The molecule has 1 aromatic rings. The van der Waals surface area contributed by atoms with E-state index in [4.69, 9.17) is 29.6 Å². The highest BCUT2D eigenvalue weighted by atomic mass is 35.5. The van der Waals surface area contributed by atoms with Crippen molar-refractivity contribution >= 4 is 34.7 Å². The summed E-state index contributed by atoms with van der Waals surface area (Å²) in [5.41, 5.74) is 6.92. The lowest BCUT2D eigenvalue weighted by atomic mass is 10.1. The van der Waals surface area contributed by atoms with Crippen molar-refractivity contribution in [3.8, 4) is 0 Å². The molecule has 0 aromatic heterocycles. The van der Waals surface area contributed by atoms with Gasteiger partial charge < -0.3 is 10.6 Å². The van der Waals surface area contributed by atoms with Gasteiger partial charge in [0.05, 0.1) is 15.6 Å². The first-order chi connectivity index (χ1) is 8.84. The minimum atomic E-state index is -0.0834. The Bertz CT molecular complexity index is 488. The standard InChI is InChI=1S/C14H19ClN2OS/c1-9(2)17(8-7-12(16)19)14(18)11-6-4-5-10(3)13(11)15/h4-6,9H,7-8H2,1-3H3,(H2,16,19). The second kappa shape index (κ2) is 6.87. The van der Waals surface area contributed by atoms with Gasteiger partial charge >= 0.3 is 0 Å². The Morgan fingerprint density at radius 2 is 2.11 bits per heavy atom. The van der Waals surface area contributed by atoms with Gasteiger partial charge in [-0.05, 0) is 32.4 Å². The SMILES string of the molecule is Cc1cccc(C(=O)N(CCC(N)=S)C(C)C)c1Cl. The first kappa shape index (κ1) is 15.9. The molecule has 0 fully saturated rings. The molecule has 0 radical (unpaired) electrons. The van der Waals surface area contributed by atoms with Gasteiger partial charge in [0.1, 0.15) is 0 Å². The van der Waals surface area contributed by atoms with Gasteiger partial charge in [-0.25, -0.2) is 0 Å². The molecule has 1 aromatic carbocycles. The Labute approximate surface area is 124 Å². The first-order valence-corrected chi connectivity index (χ1v) is 6.97. The van der Waals surface area contributed by atoms with Crippen LogP contribution in [0, 0.1) is 6.92 Å². The molecule has 0 spiro atoms. The summed E-state index contributed by atoms with van der Waals surface area (Å²) < 4.78 is 0. The molecule has 0 heterocycles. The molecule has 0 bridgehead atoms. The number of halogens is 1. The van der Waals surface area contributed by atoms with Crippen molar-refractivity contribution in [2.45, 2.75) is 33.2 Å². The van der Waals surface area contributed by atoms with E-state index >= 15 is 0 Å². The van der Waals surface area contributed by atoms with E-state index in [9.17, 15) is 4.79 Å². The molecule has 1 amide bonds. The highest BCUT2D eigenvalue weighted by Gasteiger charge is 2.21. The molecule has 2 N–H and O–H groups in total. The van der Waals surface area contributed by atoms with Crippen LogP contribution in [0.4, 0.5) is 0 Å². The van der Waals surface area contributed by atoms with E-state index in [0.29, 0.717) is 28.5 Å². The van der Waals surface area contributed by atoms with Gasteiger partial charge in [-0.3, -0.25) is 4.79 Å². The number of hydrogen-bond donors (Lipinski definition) is 1. The van der Waals surface area contributed by atoms with Crippen molar-refractivity contribution in [3.05, 3.63) is 34.3 Å². The second-order valence-electron chi connectivity index (χ2n) is 4.75. The lowest BCUT2D eigenvalue weighted by Gasteiger charge is -2.27. The lowest BCUT2D eigenvalue weighted by molar-refractivity contribution is 0.0712. The third kappa shape index (κ3) is 4.18. The van der Waals surface area contributed by atoms with Crippen molar-refractivity contribution < 1.29 is 4.79 Å². The van der Waals surface area contributed by atoms with Crippen LogP contribution in [0.15, 0.2) is 18.2 Å². The quantitative estimate of drug-likeness (QED) is 0.849. The summed E-state index contributed by atoms with van der Waals surface area (Å²) in [5, 5.41) is 0.508. The maximum absolute atomic E-state index is 12.5. The average molecular weight is 299 g/mol. The van der Waals surface area contributed by atoms with Gasteiger partial charge in [0, 0.05) is 19.0 Å². The van der Waals surface area contributed by atoms with Gasteiger partial charge in [-0.1, -0.05) is 36.0 Å². The molecule has 0 aliphatic heterocycles. The average Bonchev–Trinajstić information content (AvgIpc) is 2.31. The highest BCUT2D eigenvalue weighted by Crippen LogP contribution is 2.22. The summed E-state index contributed by atoms with van der Waals surface area (Å²) in [5.74, 6) is -0.0834. The molecule has 0 atom stereocenters. The third-order valence-corrected chi connectivity index (χ3v) is 3.61. The second-order valence-corrected chi connectivity index (χ2v) is 5.65. The Balaban J connectivity index is 2.99. The minimum absolute atomic E-state index is 0.0680. The van der Waals surface area contributed by atoms with Crippen LogP contribution >= 0.6 is 23.8 Å². The Hall–Kier alpha value is -1.13. The van der Waals surface area contributed by atoms with Crippen molar-refractivity contribution in [2.75, 3.05) is 6.54 Å². The molecular weight excluding hydrogens is 280 g/mol. The van der Waals surface area contributed by atoms with E-state index in [1.165, 1.54) is 0 Å². The Kier molecular flexibility index (Phi) is 5.76. The molecule has 0 saturated heterocycles. The van der Waals surface area contributed by atoms with Crippen LogP contribution in [-0.4, -0.2) is 28.4 Å². The molecule has 0 aliphatic rings. The summed E-state index contributed by atoms with van der Waals surface area (Å²) in [4.78, 5) is 14.7. The fourth-order valence-electron chi connectivity index (χ4n) is 1.79. The normalized spacial score (nSPS) is 10.6. The van der Waals surface area contributed by atoms with Gasteiger partial charge in [-0.15, -0.1) is 0 Å². The maximum Gasteiger partial charge on any atom is 0.255 e. The molecule has 0 aliphatic carbocycles. The van der Waals surface area contributed by atoms with Crippen molar-refractivity contribution in [1.82, 2.24) is 4.90 Å². The van der Waals surface area contributed by atoms with Gasteiger partial charge in [0.15, 0.2) is 0 Å². The number of carbonyl (C=O) groups excluding carboxylic acids is 1. The van der Waals surface area contributed by atoms with Crippen LogP contribution in [0.3, 0.4) is 0 Å². The predicted octanol–water partition coefficient (Wildman–Crippen LogP) is 3.18. The molecule has 0 unspecified atom stereocenters. The largest absolute Gasteiger partial charge is 0.393 e. The highest BCUT2D eigenvalue weighted by molar-refractivity contribution is 7.80. The molecule has 1 rings (SSSR count). The van der Waals surface area contributed by atoms with Gasteiger partial charge in [-0.2, -0.15) is 0 Å². The summed E-state index contributed by atoms with van der Waals surface area (Å²) in [6.45, 7) is 6.31. The summed E-state index contributed by atoms with van der Waals surface area (Å²) in [7, 11) is 0. The number of nitrogens with two attached hydrogens (primary N) is 1. The minimum Gasteiger partial charge on any atom is -0.393 e. The number of rotatable bonds is 5. The summed E-state index contributed by atoms with van der Waals surface area (Å²) >= 11 is 11.1. The molecular formula is C14H19ClN2OS. The lowest BCUT2D eigenvalue weighted by Crippen LogP contribution is -2.39. The zero-order chi connectivity index (χ0) is 14.6. The Morgan fingerprint density at radius 3 is 2.63 bits per heavy atom. The van der Waals surface area contributed by atoms with E-state index in [1.807, 2.05) is 32.9 Å². The number of nitrogens with zero attached hydrogens (tertiary/aromatic N) is 1. The van der Waals surface area contributed by atoms with Crippen LogP contribution in [0.25, 0.3) is 0 Å². The van der Waals surface area contributed by atoms with E-state index in [0.717, 1.165) is 5.56 Å². The van der Waals surface area contributed by atoms with E-state index in [1.54, 1.807) is 11.0 Å². The van der Waals surface area contributed by atoms with E-state index in [2.05, 4.69) is 0 Å². The zero-order valence-corrected chi connectivity index (χ0v) is 13.0. The van der Waals surface area contributed by atoms with Crippen LogP contribution in [0.1, 0.15) is 36.2 Å². The first-order valence-electron chi connectivity index (χ1n) is 6.19. The molecule has 104 valence electrons. The summed E-state index contributed by atoms with van der Waals surface area (Å²) in [6.07, 6.45) is 0.517. The van der Waals surface area contributed by atoms with Gasteiger partial charge in [0.2, 0.25) is 0 Å². The number of hydrogen-bond acceptors (Lipinski definition) is 2.